The molecule has 0 aliphatic rings. The number of hydrogen-bond acceptors (Lipinski definition) is 3. The van der Waals surface area contributed by atoms with Gasteiger partial charge in [0.05, 0.1) is 12.2 Å². The summed E-state index contributed by atoms with van der Waals surface area (Å²) in [4.78, 5) is 24.2. The van der Waals surface area contributed by atoms with E-state index < -0.39 is 23.1 Å². The molecule has 25 heavy (non-hydrogen) atoms. The van der Waals surface area contributed by atoms with Crippen LogP contribution in [0.1, 0.15) is 29.8 Å². The second-order valence-electron chi connectivity index (χ2n) is 5.74. The monoisotopic (exact) mass is 345 g/mol. The molecule has 1 amide bonds. The first-order chi connectivity index (χ1) is 11.9. The first kappa shape index (κ1) is 18.4. The van der Waals surface area contributed by atoms with Crippen molar-refractivity contribution in [3.05, 3.63) is 65.5 Å². The van der Waals surface area contributed by atoms with Crippen molar-refractivity contribution in [1.29, 1.82) is 0 Å². The Hall–Kier alpha value is -2.89. The molecule has 2 aromatic carbocycles. The zero-order valence-corrected chi connectivity index (χ0v) is 14.1. The van der Waals surface area contributed by atoms with Crippen molar-refractivity contribution in [2.75, 3.05) is 13.2 Å². The smallest absolute Gasteiger partial charge is 0.315 e. The van der Waals surface area contributed by atoms with Crippen LogP contribution in [0.4, 0.5) is 4.39 Å². The topological polar surface area (TPSA) is 75.6 Å². The minimum atomic E-state index is -1.31. The number of aliphatic carboxylic acids is 1. The van der Waals surface area contributed by atoms with Crippen molar-refractivity contribution < 1.29 is 23.8 Å². The molecule has 0 radical (unpaired) electrons. The first-order valence-electron chi connectivity index (χ1n) is 7.88. The van der Waals surface area contributed by atoms with Crippen LogP contribution in [0.25, 0.3) is 0 Å². The van der Waals surface area contributed by atoms with Crippen LogP contribution in [0, 0.1) is 5.82 Å². The zero-order chi connectivity index (χ0) is 18.4. The molecule has 0 bridgehead atoms. The van der Waals surface area contributed by atoms with E-state index in [0.717, 1.165) is 0 Å². The lowest BCUT2D eigenvalue weighted by atomic mass is 9.82. The molecule has 1 unspecified atom stereocenters. The molecule has 2 rings (SSSR count). The molecular weight excluding hydrogens is 325 g/mol. The predicted octanol–water partition coefficient (Wildman–Crippen LogP) is 3.00. The van der Waals surface area contributed by atoms with Gasteiger partial charge in [0.15, 0.2) is 11.6 Å². The molecule has 0 saturated carbocycles. The number of para-hydroxylation sites is 1. The van der Waals surface area contributed by atoms with E-state index in [1.165, 1.54) is 25.1 Å². The van der Waals surface area contributed by atoms with Gasteiger partial charge in [0.25, 0.3) is 5.91 Å². The summed E-state index contributed by atoms with van der Waals surface area (Å²) in [6.45, 7) is 3.27. The number of benzene rings is 2. The van der Waals surface area contributed by atoms with E-state index in [-0.39, 0.29) is 24.5 Å². The van der Waals surface area contributed by atoms with Crippen molar-refractivity contribution in [2.24, 2.45) is 0 Å². The average molecular weight is 345 g/mol. The predicted molar refractivity (Wildman–Crippen MR) is 91.3 cm³/mol. The van der Waals surface area contributed by atoms with Crippen molar-refractivity contribution in [3.63, 3.8) is 0 Å². The minimum absolute atomic E-state index is 0.0302. The number of halogens is 1. The zero-order valence-electron chi connectivity index (χ0n) is 14.1. The Labute approximate surface area is 145 Å². The summed E-state index contributed by atoms with van der Waals surface area (Å²) in [5, 5.41) is 12.2. The van der Waals surface area contributed by atoms with Gasteiger partial charge in [-0.25, -0.2) is 4.39 Å². The van der Waals surface area contributed by atoms with Gasteiger partial charge >= 0.3 is 5.97 Å². The highest BCUT2D eigenvalue weighted by Gasteiger charge is 2.35. The van der Waals surface area contributed by atoms with Crippen molar-refractivity contribution in [3.8, 4) is 5.75 Å². The van der Waals surface area contributed by atoms with Gasteiger partial charge in [-0.3, -0.25) is 9.59 Å². The lowest BCUT2D eigenvalue weighted by molar-refractivity contribution is -0.142. The molecule has 5 nitrogen and oxygen atoms in total. The summed E-state index contributed by atoms with van der Waals surface area (Å²) < 4.78 is 19.1. The van der Waals surface area contributed by atoms with Crippen LogP contribution < -0.4 is 10.1 Å². The Balaban J connectivity index is 2.24. The fourth-order valence-electron chi connectivity index (χ4n) is 2.44. The van der Waals surface area contributed by atoms with Crippen LogP contribution in [0.15, 0.2) is 48.5 Å². The van der Waals surface area contributed by atoms with Crippen molar-refractivity contribution >= 4 is 11.9 Å². The number of rotatable bonds is 7. The molecule has 0 fully saturated rings. The molecule has 1 atom stereocenters. The van der Waals surface area contributed by atoms with E-state index in [1.807, 2.05) is 0 Å². The molecule has 2 aromatic rings. The normalized spacial score (nSPS) is 12.9. The van der Waals surface area contributed by atoms with E-state index in [9.17, 15) is 19.1 Å². The highest BCUT2D eigenvalue weighted by molar-refractivity contribution is 5.97. The van der Waals surface area contributed by atoms with Crippen LogP contribution >= 0.6 is 0 Å². The largest absolute Gasteiger partial charge is 0.490 e. The third kappa shape index (κ3) is 3.96. The molecular formula is C19H20FNO4. The van der Waals surface area contributed by atoms with Gasteiger partial charge in [0.2, 0.25) is 0 Å². The molecule has 0 aliphatic carbocycles. The van der Waals surface area contributed by atoms with Gasteiger partial charge in [0.1, 0.15) is 5.41 Å². The standard InChI is InChI=1S/C19H20FNO4/c1-3-25-16-14(10-7-11-15(16)20)17(22)21-12-19(2,18(23)24)13-8-5-4-6-9-13/h4-11H,3,12H2,1-2H3,(H,21,22)(H,23,24). The van der Waals surface area contributed by atoms with Crippen molar-refractivity contribution in [2.45, 2.75) is 19.3 Å². The third-order valence-corrected chi connectivity index (χ3v) is 3.99. The minimum Gasteiger partial charge on any atom is -0.490 e. The van der Waals surface area contributed by atoms with Crippen LogP contribution in [0.2, 0.25) is 0 Å². The molecule has 2 N–H and O–H groups in total. The third-order valence-electron chi connectivity index (χ3n) is 3.99. The molecule has 132 valence electrons. The summed E-state index contributed by atoms with van der Waals surface area (Å²) in [5.74, 6) is -2.44. The highest BCUT2D eigenvalue weighted by atomic mass is 19.1. The second kappa shape index (κ2) is 7.79. The van der Waals surface area contributed by atoms with E-state index in [1.54, 1.807) is 37.3 Å². The van der Waals surface area contributed by atoms with Gasteiger partial charge in [-0.1, -0.05) is 36.4 Å². The molecule has 0 aliphatic heterocycles. The number of amides is 1. The van der Waals surface area contributed by atoms with Gasteiger partial charge in [-0.2, -0.15) is 0 Å². The van der Waals surface area contributed by atoms with Crippen LogP contribution in [0.5, 0.6) is 5.75 Å². The summed E-state index contributed by atoms with van der Waals surface area (Å²) in [6, 6.07) is 12.7. The number of carboxylic acid groups (broad SMARTS) is 1. The number of hydrogen-bond donors (Lipinski definition) is 2. The lowest BCUT2D eigenvalue weighted by Gasteiger charge is -2.26. The Morgan fingerprint density at radius 2 is 1.84 bits per heavy atom. The van der Waals surface area contributed by atoms with Crippen LogP contribution in [-0.2, 0) is 10.2 Å². The number of carbonyl (C=O) groups excluding carboxylic acids is 1. The summed E-state index contributed by atoms with van der Waals surface area (Å²) >= 11 is 0. The van der Waals surface area contributed by atoms with E-state index >= 15 is 0 Å². The molecule has 0 heterocycles. The SMILES string of the molecule is CCOc1c(F)cccc1C(=O)NCC(C)(C(=O)O)c1ccccc1. The van der Waals surface area contributed by atoms with E-state index in [2.05, 4.69) is 5.32 Å². The first-order valence-corrected chi connectivity index (χ1v) is 7.88. The van der Waals surface area contributed by atoms with Gasteiger partial charge in [-0.15, -0.1) is 0 Å². The van der Waals surface area contributed by atoms with Gasteiger partial charge in [-0.05, 0) is 31.5 Å². The maximum Gasteiger partial charge on any atom is 0.315 e. The Morgan fingerprint density at radius 1 is 1.16 bits per heavy atom. The Morgan fingerprint density at radius 3 is 2.44 bits per heavy atom. The number of carboxylic acids is 1. The van der Waals surface area contributed by atoms with Crippen LogP contribution in [-0.4, -0.2) is 30.1 Å². The fourth-order valence-corrected chi connectivity index (χ4v) is 2.44. The quantitative estimate of drug-likeness (QED) is 0.809. The number of ether oxygens (including phenoxy) is 1. The molecule has 0 saturated heterocycles. The Kier molecular flexibility index (Phi) is 5.75. The maximum atomic E-state index is 13.9. The summed E-state index contributed by atoms with van der Waals surface area (Å²) in [6.07, 6.45) is 0. The maximum absolute atomic E-state index is 13.9. The summed E-state index contributed by atoms with van der Waals surface area (Å²) in [7, 11) is 0. The Bertz CT molecular complexity index is 763. The fraction of sp³-hybridized carbons (Fsp3) is 0.263. The van der Waals surface area contributed by atoms with E-state index in [4.69, 9.17) is 4.74 Å². The lowest BCUT2D eigenvalue weighted by Crippen LogP contribution is -2.44. The second-order valence-corrected chi connectivity index (χ2v) is 5.74. The van der Waals surface area contributed by atoms with Crippen LogP contribution in [0.3, 0.4) is 0 Å². The molecule has 0 aromatic heterocycles. The van der Waals surface area contributed by atoms with E-state index in [0.29, 0.717) is 5.56 Å². The molecule has 0 spiro atoms. The van der Waals surface area contributed by atoms with Crippen molar-refractivity contribution in [1.82, 2.24) is 5.32 Å². The number of carbonyl (C=O) groups is 2. The average Bonchev–Trinajstić information content (AvgIpc) is 2.61. The highest BCUT2D eigenvalue weighted by Crippen LogP contribution is 2.25. The molecule has 6 heteroatoms. The van der Waals surface area contributed by atoms with Gasteiger partial charge < -0.3 is 15.2 Å². The summed E-state index contributed by atoms with van der Waals surface area (Å²) in [5.41, 5.74) is -0.717. The van der Waals surface area contributed by atoms with Gasteiger partial charge in [0, 0.05) is 6.54 Å². The number of nitrogens with one attached hydrogen (secondary N) is 1.